The summed E-state index contributed by atoms with van der Waals surface area (Å²) in [4.78, 5) is 87.9. The fourth-order valence-corrected chi connectivity index (χ4v) is 11.1. The number of carbonyl (C=O) groups is 6. The Morgan fingerprint density at radius 2 is 1.00 bits per heavy atom. The lowest BCUT2D eigenvalue weighted by Crippen LogP contribution is -2.49. The Balaban J connectivity index is 0.000000251. The van der Waals surface area contributed by atoms with E-state index in [0.717, 1.165) is 62.7 Å². The average molecular weight is 959 g/mol. The minimum atomic E-state index is -1.10. The molecule has 0 radical (unpaired) electrons. The molecule has 67 heavy (non-hydrogen) atoms. The van der Waals surface area contributed by atoms with E-state index in [1.165, 1.54) is 23.3 Å². The minimum absolute atomic E-state index is 0.0321. The molecular formula is C53H74N4O8S2. The number of carboxylic acid groups (broad SMARTS) is 1. The van der Waals surface area contributed by atoms with Crippen LogP contribution >= 0.6 is 22.7 Å². The van der Waals surface area contributed by atoms with Gasteiger partial charge in [-0.05, 0) is 157 Å². The number of carboxylic acids is 1. The van der Waals surface area contributed by atoms with E-state index in [-0.39, 0.29) is 63.3 Å². The molecule has 2 atom stereocenters. The zero-order chi connectivity index (χ0) is 49.7. The molecule has 4 amide bonds. The van der Waals surface area contributed by atoms with Gasteiger partial charge in [-0.15, -0.1) is 22.7 Å². The number of nitrogens with zero attached hydrogens (tertiary/aromatic N) is 4. The van der Waals surface area contributed by atoms with E-state index in [0.29, 0.717) is 63.8 Å². The topological polar surface area (TPSA) is 145 Å². The van der Waals surface area contributed by atoms with Gasteiger partial charge in [0.05, 0.1) is 28.2 Å². The van der Waals surface area contributed by atoms with Crippen LogP contribution in [0.3, 0.4) is 0 Å². The number of likely N-dealkylation sites (tertiary alicyclic amines) is 2. The van der Waals surface area contributed by atoms with Crippen LogP contribution in [0.1, 0.15) is 176 Å². The van der Waals surface area contributed by atoms with E-state index in [2.05, 4.69) is 37.5 Å². The van der Waals surface area contributed by atoms with Gasteiger partial charge in [0.25, 0.3) is 0 Å². The van der Waals surface area contributed by atoms with Gasteiger partial charge in [0.15, 0.2) is 0 Å². The predicted octanol–water partition coefficient (Wildman–Crippen LogP) is 10.1. The summed E-state index contributed by atoms with van der Waals surface area (Å²) in [6.07, 6.45) is 8.14. The number of amides is 4. The number of esters is 1. The molecule has 2 saturated carbocycles. The quantitative estimate of drug-likeness (QED) is 0.183. The van der Waals surface area contributed by atoms with Gasteiger partial charge in [0, 0.05) is 47.8 Å². The number of carbonyl (C=O) groups excluding carboxylic acids is 5. The monoisotopic (exact) mass is 958 g/mol. The third-order valence-corrected chi connectivity index (χ3v) is 15.2. The number of anilines is 2. The van der Waals surface area contributed by atoms with Crippen molar-refractivity contribution in [1.29, 1.82) is 0 Å². The molecule has 4 fully saturated rings. The molecule has 366 valence electrons. The first-order valence-corrected chi connectivity index (χ1v) is 25.9. The molecule has 0 spiro atoms. The van der Waals surface area contributed by atoms with Crippen molar-refractivity contribution in [3.63, 3.8) is 0 Å². The smallest absolute Gasteiger partial charge is 0.350 e. The van der Waals surface area contributed by atoms with Crippen LogP contribution in [-0.2, 0) is 23.9 Å². The van der Waals surface area contributed by atoms with Gasteiger partial charge in [0.2, 0.25) is 23.6 Å². The van der Waals surface area contributed by atoms with Crippen LogP contribution in [-0.4, -0.2) is 94.8 Å². The molecule has 0 aromatic carbocycles. The zero-order valence-electron chi connectivity index (χ0n) is 42.2. The van der Waals surface area contributed by atoms with Gasteiger partial charge in [-0.3, -0.25) is 29.0 Å². The fourth-order valence-electron chi connectivity index (χ4n) is 9.30. The van der Waals surface area contributed by atoms with Crippen LogP contribution in [0, 0.1) is 58.2 Å². The molecule has 2 saturated heterocycles. The zero-order valence-corrected chi connectivity index (χ0v) is 43.8. The van der Waals surface area contributed by atoms with Crippen LogP contribution in [0.15, 0.2) is 12.1 Å². The van der Waals surface area contributed by atoms with Gasteiger partial charge in [-0.1, -0.05) is 37.5 Å². The number of aromatic carboxylic acids is 1. The van der Waals surface area contributed by atoms with Crippen molar-refractivity contribution < 1.29 is 38.6 Å². The molecule has 12 nitrogen and oxygen atoms in total. The van der Waals surface area contributed by atoms with Crippen LogP contribution < -0.4 is 9.80 Å². The predicted molar refractivity (Wildman–Crippen MR) is 267 cm³/mol. The third-order valence-electron chi connectivity index (χ3n) is 13.1. The van der Waals surface area contributed by atoms with E-state index in [4.69, 9.17) is 4.74 Å². The van der Waals surface area contributed by atoms with Crippen LogP contribution in [0.2, 0.25) is 0 Å². The minimum Gasteiger partial charge on any atom is -0.477 e. The Bertz CT molecular complexity index is 2280. The SMILES string of the molecule is CC1CCC(C(=O)N(c2cc(C#CC(C)(C)C)sc2C(=O)O)[C@H]2CCN(C(C)C)C2=O)CC1.COC(=O)c1sc(C#CC(C)(C)C)cc1N(C(=O)C1CCC(C)CC1)C1CCN(C(C)C)C1=O. The van der Waals surface area contributed by atoms with Crippen molar-refractivity contribution in [3.8, 4) is 23.7 Å². The molecule has 6 rings (SSSR count). The molecule has 2 aromatic rings. The van der Waals surface area contributed by atoms with Crippen molar-refractivity contribution in [2.24, 2.45) is 34.5 Å². The van der Waals surface area contributed by atoms with E-state index in [9.17, 15) is 33.9 Å². The van der Waals surface area contributed by atoms with Crippen molar-refractivity contribution in [1.82, 2.24) is 9.80 Å². The molecule has 2 aromatic heterocycles. The lowest BCUT2D eigenvalue weighted by atomic mass is 9.82. The molecule has 14 heteroatoms. The highest BCUT2D eigenvalue weighted by atomic mass is 32.1. The Kier molecular flexibility index (Phi) is 17.6. The number of hydrogen-bond acceptors (Lipinski definition) is 9. The summed E-state index contributed by atoms with van der Waals surface area (Å²) in [5.74, 6) is 11.5. The lowest BCUT2D eigenvalue weighted by Gasteiger charge is -2.34. The van der Waals surface area contributed by atoms with E-state index in [1.807, 2.05) is 74.1 Å². The second-order valence-electron chi connectivity index (χ2n) is 21.6. The maximum Gasteiger partial charge on any atom is 0.350 e. The van der Waals surface area contributed by atoms with Crippen molar-refractivity contribution in [2.45, 2.75) is 171 Å². The summed E-state index contributed by atoms with van der Waals surface area (Å²) in [5.41, 5.74) is 0.338. The lowest BCUT2D eigenvalue weighted by molar-refractivity contribution is -0.133. The second-order valence-corrected chi connectivity index (χ2v) is 23.7. The Morgan fingerprint density at radius 3 is 1.31 bits per heavy atom. The summed E-state index contributed by atoms with van der Waals surface area (Å²) < 4.78 is 5.06. The molecule has 2 aliphatic heterocycles. The largest absolute Gasteiger partial charge is 0.477 e. The molecular weight excluding hydrogens is 885 g/mol. The summed E-state index contributed by atoms with van der Waals surface area (Å²) in [6.45, 7) is 25.5. The van der Waals surface area contributed by atoms with Crippen LogP contribution in [0.4, 0.5) is 11.4 Å². The molecule has 4 heterocycles. The van der Waals surface area contributed by atoms with Gasteiger partial charge in [0.1, 0.15) is 21.8 Å². The van der Waals surface area contributed by atoms with Gasteiger partial charge < -0.3 is 19.6 Å². The van der Waals surface area contributed by atoms with Crippen molar-refractivity contribution in [3.05, 3.63) is 31.6 Å². The highest BCUT2D eigenvalue weighted by Crippen LogP contribution is 2.40. The number of rotatable bonds is 10. The van der Waals surface area contributed by atoms with Gasteiger partial charge in [-0.25, -0.2) is 9.59 Å². The number of thiophene rings is 2. The van der Waals surface area contributed by atoms with E-state index >= 15 is 0 Å². The van der Waals surface area contributed by atoms with E-state index in [1.54, 1.807) is 21.9 Å². The third kappa shape index (κ3) is 13.3. The standard InChI is InChI=1S/C27H38N2O4S.C26H36N2O4S/c1-17(2)28-15-13-21(25(28)31)29(24(30)19-10-8-18(3)9-11-19)22-16-20(12-14-27(4,5)6)34-23(22)26(32)33-7;1-16(2)27-14-12-20(24(27)30)28(23(29)18-9-7-17(3)8-10-18)21-15-19(11-13-26(4,5)6)33-22(21)25(31)32/h16-19,21H,8-11,13,15H2,1-7H3;15-18,20H,7-10,12,14H2,1-6H3,(H,31,32)/t;17?,18?,20-/m.0/s1. The van der Waals surface area contributed by atoms with Crippen LogP contribution in [0.5, 0.6) is 0 Å². The number of methoxy groups -OCH3 is 1. The normalized spacial score (nSPS) is 23.2. The van der Waals surface area contributed by atoms with Crippen LogP contribution in [0.25, 0.3) is 0 Å². The first-order chi connectivity index (χ1) is 31.3. The Hall–Kier alpha value is -4.66. The summed E-state index contributed by atoms with van der Waals surface area (Å²) >= 11 is 2.30. The first kappa shape index (κ1) is 53.3. The first-order valence-electron chi connectivity index (χ1n) is 24.2. The Labute approximate surface area is 407 Å². The molecule has 0 bridgehead atoms. The van der Waals surface area contributed by atoms with Crippen molar-refractivity contribution >= 4 is 69.6 Å². The fraction of sp³-hybridized carbons (Fsp3) is 0.660. The maximum atomic E-state index is 14.0. The molecule has 2 aliphatic carbocycles. The number of hydrogen-bond donors (Lipinski definition) is 1. The number of ether oxygens (including phenoxy) is 1. The summed E-state index contributed by atoms with van der Waals surface area (Å²) in [5, 5.41) is 9.96. The van der Waals surface area contributed by atoms with Gasteiger partial charge in [-0.2, -0.15) is 0 Å². The Morgan fingerprint density at radius 1 is 0.642 bits per heavy atom. The van der Waals surface area contributed by atoms with Gasteiger partial charge >= 0.3 is 11.9 Å². The average Bonchev–Trinajstić information content (AvgIpc) is 4.06. The molecule has 1 unspecified atom stereocenters. The molecule has 4 aliphatic rings. The maximum absolute atomic E-state index is 14.0. The highest BCUT2D eigenvalue weighted by molar-refractivity contribution is 7.15. The molecule has 1 N–H and O–H groups in total. The van der Waals surface area contributed by atoms with E-state index < -0.39 is 24.0 Å². The summed E-state index contributed by atoms with van der Waals surface area (Å²) in [6, 6.07) is 2.29. The van der Waals surface area contributed by atoms with Crippen molar-refractivity contribution in [2.75, 3.05) is 30.0 Å². The highest BCUT2D eigenvalue weighted by Gasteiger charge is 2.45. The summed E-state index contributed by atoms with van der Waals surface area (Å²) in [7, 11) is 1.34. The second kappa shape index (κ2) is 22.2.